The van der Waals surface area contributed by atoms with Gasteiger partial charge in [-0.05, 0) is 70.0 Å². The molecule has 0 radical (unpaired) electrons. The summed E-state index contributed by atoms with van der Waals surface area (Å²) in [6.07, 6.45) is 3.64. The van der Waals surface area contributed by atoms with Crippen molar-refractivity contribution < 1.29 is 28.2 Å². The molecule has 0 saturated carbocycles. The fourth-order valence-corrected chi connectivity index (χ4v) is 5.05. The number of carbonyl (C=O) groups excluding carboxylic acids is 2. The molecule has 1 aliphatic rings. The first-order valence-electron chi connectivity index (χ1n) is 14.5. The van der Waals surface area contributed by atoms with Crippen LogP contribution in [0, 0.1) is 0 Å². The molecule has 0 bridgehead atoms. The van der Waals surface area contributed by atoms with Crippen LogP contribution < -0.4 is 20.1 Å². The molecule has 2 aromatic heterocycles. The number of fused-ring (bicyclic) bond motifs is 1. The van der Waals surface area contributed by atoms with E-state index in [0.29, 0.717) is 52.6 Å². The number of anilines is 3. The molecule has 4 aromatic rings. The number of halogens is 2. The molecular formula is C32H34ClFN6O5. The second-order valence-corrected chi connectivity index (χ2v) is 11.7. The Morgan fingerprint density at radius 2 is 1.91 bits per heavy atom. The molecule has 2 aromatic carbocycles. The summed E-state index contributed by atoms with van der Waals surface area (Å²) in [6.45, 7) is 5.03. The standard InChI is InChI=1S/C32H34ClFN6O5/c1-32(2,3)45-31(42)40-13-6-8-26(40)30(41)39-25-16-22-24(17-28(25)43-14-11-34)36-19-37-29(22)38-20-9-10-27(23(33)15-20)44-18-21-7-4-5-12-35-21/h4-5,7,9-10,12,15-17,19,26H,6,8,11,13-14,18H2,1-3H3,(H,39,41)(H,36,37,38)/t26-/m0/s1. The third kappa shape index (κ3) is 8.07. The number of nitrogens with one attached hydrogen (secondary N) is 2. The molecule has 0 spiro atoms. The van der Waals surface area contributed by atoms with Gasteiger partial charge >= 0.3 is 6.09 Å². The van der Waals surface area contributed by atoms with Gasteiger partial charge in [-0.25, -0.2) is 19.2 Å². The number of amides is 2. The summed E-state index contributed by atoms with van der Waals surface area (Å²) in [7, 11) is 0. The maximum atomic E-state index is 13.5. The van der Waals surface area contributed by atoms with Crippen molar-refractivity contribution in [1.82, 2.24) is 19.9 Å². The van der Waals surface area contributed by atoms with Crippen LogP contribution in [0.3, 0.4) is 0 Å². The van der Waals surface area contributed by atoms with Crippen molar-refractivity contribution in [3.63, 3.8) is 0 Å². The second kappa shape index (κ2) is 13.9. The Balaban J connectivity index is 1.38. The van der Waals surface area contributed by atoms with Crippen molar-refractivity contribution in [2.45, 2.75) is 51.9 Å². The monoisotopic (exact) mass is 636 g/mol. The number of aromatic nitrogens is 3. The first-order valence-corrected chi connectivity index (χ1v) is 14.9. The number of likely N-dealkylation sites (tertiary alicyclic amines) is 1. The molecule has 1 fully saturated rings. The van der Waals surface area contributed by atoms with Crippen LogP contribution >= 0.6 is 11.6 Å². The fourth-order valence-electron chi connectivity index (χ4n) is 4.81. The second-order valence-electron chi connectivity index (χ2n) is 11.3. The number of hydrogen-bond donors (Lipinski definition) is 2. The van der Waals surface area contributed by atoms with Crippen molar-refractivity contribution in [2.24, 2.45) is 0 Å². The molecule has 1 saturated heterocycles. The van der Waals surface area contributed by atoms with E-state index in [-0.39, 0.29) is 24.7 Å². The summed E-state index contributed by atoms with van der Waals surface area (Å²) in [6, 6.07) is 13.3. The summed E-state index contributed by atoms with van der Waals surface area (Å²) >= 11 is 6.51. The van der Waals surface area contributed by atoms with E-state index >= 15 is 0 Å². The van der Waals surface area contributed by atoms with E-state index < -0.39 is 30.3 Å². The maximum absolute atomic E-state index is 13.5. The summed E-state index contributed by atoms with van der Waals surface area (Å²) in [4.78, 5) is 40.7. The van der Waals surface area contributed by atoms with E-state index in [1.165, 1.54) is 11.2 Å². The average molecular weight is 637 g/mol. The largest absolute Gasteiger partial charge is 0.489 e. The van der Waals surface area contributed by atoms with Gasteiger partial charge in [-0.3, -0.25) is 14.7 Å². The van der Waals surface area contributed by atoms with Gasteiger partial charge in [-0.15, -0.1) is 0 Å². The van der Waals surface area contributed by atoms with E-state index in [1.807, 2.05) is 18.2 Å². The number of benzene rings is 2. The Morgan fingerprint density at radius 3 is 2.64 bits per heavy atom. The molecule has 5 rings (SSSR count). The van der Waals surface area contributed by atoms with E-state index in [4.69, 9.17) is 25.8 Å². The molecule has 11 nitrogen and oxygen atoms in total. The van der Waals surface area contributed by atoms with Gasteiger partial charge < -0.3 is 24.8 Å². The summed E-state index contributed by atoms with van der Waals surface area (Å²) in [5.41, 5.74) is 1.48. The smallest absolute Gasteiger partial charge is 0.410 e. The first kappa shape index (κ1) is 31.7. The van der Waals surface area contributed by atoms with Gasteiger partial charge in [0.1, 0.15) is 55.2 Å². The van der Waals surface area contributed by atoms with E-state index in [2.05, 4.69) is 25.6 Å². The Hall–Kier alpha value is -4.71. The van der Waals surface area contributed by atoms with E-state index in [0.717, 1.165) is 5.69 Å². The zero-order valence-electron chi connectivity index (χ0n) is 25.2. The number of alkyl halides is 1. The van der Waals surface area contributed by atoms with Crippen LogP contribution in [0.1, 0.15) is 39.3 Å². The molecule has 3 heterocycles. The van der Waals surface area contributed by atoms with Crippen LogP contribution in [0.5, 0.6) is 11.5 Å². The van der Waals surface area contributed by atoms with Crippen molar-refractivity contribution in [2.75, 3.05) is 30.5 Å². The van der Waals surface area contributed by atoms with Gasteiger partial charge in [0.25, 0.3) is 0 Å². The van der Waals surface area contributed by atoms with Crippen LogP contribution in [-0.2, 0) is 16.1 Å². The molecule has 45 heavy (non-hydrogen) atoms. The molecule has 1 atom stereocenters. The third-order valence-electron chi connectivity index (χ3n) is 6.81. The molecule has 0 unspecified atom stereocenters. The van der Waals surface area contributed by atoms with Gasteiger partial charge in [-0.2, -0.15) is 0 Å². The van der Waals surface area contributed by atoms with Crippen LogP contribution in [0.4, 0.5) is 26.4 Å². The topological polar surface area (TPSA) is 128 Å². The molecule has 0 aliphatic carbocycles. The number of nitrogens with zero attached hydrogens (tertiary/aromatic N) is 4. The molecule has 236 valence electrons. The lowest BCUT2D eigenvalue weighted by molar-refractivity contribution is -0.120. The number of rotatable bonds is 10. The highest BCUT2D eigenvalue weighted by atomic mass is 35.5. The molecular weight excluding hydrogens is 603 g/mol. The number of pyridine rings is 1. The van der Waals surface area contributed by atoms with Gasteiger partial charge in [0.2, 0.25) is 5.91 Å². The van der Waals surface area contributed by atoms with Crippen LogP contribution in [0.2, 0.25) is 5.02 Å². The predicted octanol–water partition coefficient (Wildman–Crippen LogP) is 6.69. The van der Waals surface area contributed by atoms with E-state index in [9.17, 15) is 14.0 Å². The van der Waals surface area contributed by atoms with Gasteiger partial charge in [0.05, 0.1) is 21.9 Å². The summed E-state index contributed by atoms with van der Waals surface area (Å²) in [5, 5.41) is 7.06. The van der Waals surface area contributed by atoms with Gasteiger partial charge in [-0.1, -0.05) is 17.7 Å². The lowest BCUT2D eigenvalue weighted by Gasteiger charge is -2.28. The SMILES string of the molecule is CC(C)(C)OC(=O)N1CCC[C@H]1C(=O)Nc1cc2c(Nc3ccc(OCc4ccccn4)c(Cl)c3)ncnc2cc1OCCF. The zero-order valence-corrected chi connectivity index (χ0v) is 25.9. The average Bonchev–Trinajstić information content (AvgIpc) is 3.50. The Morgan fingerprint density at radius 1 is 1.07 bits per heavy atom. The quantitative estimate of drug-likeness (QED) is 0.196. The number of hydrogen-bond acceptors (Lipinski definition) is 9. The van der Waals surface area contributed by atoms with Crippen molar-refractivity contribution in [1.29, 1.82) is 0 Å². The summed E-state index contributed by atoms with van der Waals surface area (Å²) in [5.74, 6) is 0.745. The highest BCUT2D eigenvalue weighted by Crippen LogP contribution is 2.35. The van der Waals surface area contributed by atoms with Crippen LogP contribution in [0.15, 0.2) is 61.1 Å². The molecule has 13 heteroatoms. The highest BCUT2D eigenvalue weighted by Gasteiger charge is 2.37. The number of carbonyl (C=O) groups is 2. The van der Waals surface area contributed by atoms with Crippen LogP contribution in [-0.4, -0.2) is 63.3 Å². The van der Waals surface area contributed by atoms with Crippen molar-refractivity contribution in [3.8, 4) is 11.5 Å². The predicted molar refractivity (Wildman–Crippen MR) is 169 cm³/mol. The van der Waals surface area contributed by atoms with Crippen molar-refractivity contribution in [3.05, 3.63) is 71.8 Å². The highest BCUT2D eigenvalue weighted by molar-refractivity contribution is 6.32. The first-order chi connectivity index (χ1) is 21.6. The van der Waals surface area contributed by atoms with Gasteiger partial charge in [0.15, 0.2) is 0 Å². The van der Waals surface area contributed by atoms with Crippen LogP contribution in [0.25, 0.3) is 10.9 Å². The van der Waals surface area contributed by atoms with Crippen molar-refractivity contribution >= 4 is 51.7 Å². The fraction of sp³-hybridized carbons (Fsp3) is 0.344. The zero-order chi connectivity index (χ0) is 32.0. The van der Waals surface area contributed by atoms with E-state index in [1.54, 1.807) is 57.3 Å². The minimum atomic E-state index is -0.741. The minimum absolute atomic E-state index is 0.217. The lowest BCUT2D eigenvalue weighted by atomic mass is 10.1. The molecule has 1 aliphatic heterocycles. The minimum Gasteiger partial charge on any atom is -0.489 e. The Bertz CT molecular complexity index is 1670. The summed E-state index contributed by atoms with van der Waals surface area (Å²) < 4.78 is 30.0. The number of ether oxygens (including phenoxy) is 3. The molecule has 2 amide bonds. The molecule has 2 N–H and O–H groups in total. The Kier molecular flexibility index (Phi) is 9.82. The Labute approximate surface area is 265 Å². The lowest BCUT2D eigenvalue weighted by Crippen LogP contribution is -2.45. The maximum Gasteiger partial charge on any atom is 0.410 e. The normalized spacial score (nSPS) is 14.7. The van der Waals surface area contributed by atoms with Gasteiger partial charge in [0, 0.05) is 29.9 Å². The third-order valence-corrected chi connectivity index (χ3v) is 7.10.